The van der Waals surface area contributed by atoms with Crippen LogP contribution in [0.5, 0.6) is 0 Å². The van der Waals surface area contributed by atoms with E-state index in [1.54, 1.807) is 31.2 Å². The fourth-order valence-electron chi connectivity index (χ4n) is 2.16. The molecule has 0 fully saturated rings. The molecule has 1 N–H and O–H groups in total. The molecule has 110 valence electrons. The standard InChI is InChI=1S/C16H17FN2O2/c1-3-16(12-5-4-6-14(9-12)19(20)21)18-13-8-7-11(2)15(17)10-13/h4-10,16,18H,3H2,1-2H3. The van der Waals surface area contributed by atoms with Gasteiger partial charge in [0, 0.05) is 17.8 Å². The highest BCUT2D eigenvalue weighted by molar-refractivity contribution is 5.48. The van der Waals surface area contributed by atoms with Gasteiger partial charge in [-0.1, -0.05) is 25.1 Å². The second-order valence-corrected chi connectivity index (χ2v) is 4.92. The normalized spacial score (nSPS) is 12.0. The predicted molar refractivity (Wildman–Crippen MR) is 80.9 cm³/mol. The molecular formula is C16H17FN2O2. The highest BCUT2D eigenvalue weighted by Crippen LogP contribution is 2.26. The minimum atomic E-state index is -0.415. The molecule has 5 heteroatoms. The Hall–Kier alpha value is -2.43. The summed E-state index contributed by atoms with van der Waals surface area (Å²) in [5.74, 6) is -0.270. The lowest BCUT2D eigenvalue weighted by Gasteiger charge is -2.19. The summed E-state index contributed by atoms with van der Waals surface area (Å²) >= 11 is 0. The molecule has 0 aliphatic heterocycles. The average Bonchev–Trinajstić information content (AvgIpc) is 2.48. The molecule has 4 nitrogen and oxygen atoms in total. The van der Waals surface area contributed by atoms with Crippen LogP contribution in [-0.4, -0.2) is 4.92 Å². The molecule has 0 saturated heterocycles. The van der Waals surface area contributed by atoms with E-state index in [0.29, 0.717) is 11.3 Å². The highest BCUT2D eigenvalue weighted by Gasteiger charge is 2.13. The third kappa shape index (κ3) is 3.56. The van der Waals surface area contributed by atoms with Crippen molar-refractivity contribution in [2.45, 2.75) is 26.3 Å². The molecule has 2 aromatic carbocycles. The molecular weight excluding hydrogens is 271 g/mol. The third-order valence-corrected chi connectivity index (χ3v) is 3.40. The van der Waals surface area contributed by atoms with Crippen LogP contribution in [0.1, 0.15) is 30.5 Å². The Morgan fingerprint density at radius 2 is 2.05 bits per heavy atom. The van der Waals surface area contributed by atoms with Gasteiger partial charge in [-0.05, 0) is 36.6 Å². The summed E-state index contributed by atoms with van der Waals surface area (Å²) in [6, 6.07) is 11.3. The van der Waals surface area contributed by atoms with Gasteiger partial charge < -0.3 is 5.32 Å². The van der Waals surface area contributed by atoms with Crippen molar-refractivity contribution >= 4 is 11.4 Å². The quantitative estimate of drug-likeness (QED) is 0.646. The van der Waals surface area contributed by atoms with E-state index in [-0.39, 0.29) is 17.5 Å². The predicted octanol–water partition coefficient (Wildman–Crippen LogP) is 4.61. The number of benzene rings is 2. The van der Waals surface area contributed by atoms with Gasteiger partial charge in [0.1, 0.15) is 5.82 Å². The summed E-state index contributed by atoms with van der Waals surface area (Å²) < 4.78 is 13.6. The van der Waals surface area contributed by atoms with Crippen molar-refractivity contribution in [2.75, 3.05) is 5.32 Å². The number of aryl methyl sites for hydroxylation is 1. The Morgan fingerprint density at radius 1 is 1.29 bits per heavy atom. The Balaban J connectivity index is 2.25. The maximum Gasteiger partial charge on any atom is 0.269 e. The second-order valence-electron chi connectivity index (χ2n) is 4.92. The number of hydrogen-bond acceptors (Lipinski definition) is 3. The van der Waals surface area contributed by atoms with Crippen LogP contribution in [0.2, 0.25) is 0 Å². The van der Waals surface area contributed by atoms with E-state index in [4.69, 9.17) is 0 Å². The van der Waals surface area contributed by atoms with Gasteiger partial charge >= 0.3 is 0 Å². The van der Waals surface area contributed by atoms with Crippen LogP contribution in [0.15, 0.2) is 42.5 Å². The fraction of sp³-hybridized carbons (Fsp3) is 0.250. The molecule has 0 heterocycles. The van der Waals surface area contributed by atoms with Crippen molar-refractivity contribution in [2.24, 2.45) is 0 Å². The van der Waals surface area contributed by atoms with E-state index in [0.717, 1.165) is 12.0 Å². The number of non-ortho nitro benzene ring substituents is 1. The van der Waals surface area contributed by atoms with Crippen LogP contribution in [-0.2, 0) is 0 Å². The highest BCUT2D eigenvalue weighted by atomic mass is 19.1. The molecule has 1 atom stereocenters. The van der Waals surface area contributed by atoms with Gasteiger partial charge in [0.05, 0.1) is 11.0 Å². The molecule has 2 aromatic rings. The molecule has 21 heavy (non-hydrogen) atoms. The van der Waals surface area contributed by atoms with Crippen LogP contribution < -0.4 is 5.32 Å². The van der Waals surface area contributed by atoms with Crippen molar-refractivity contribution < 1.29 is 9.31 Å². The fourth-order valence-corrected chi connectivity index (χ4v) is 2.16. The van der Waals surface area contributed by atoms with E-state index in [9.17, 15) is 14.5 Å². The topological polar surface area (TPSA) is 55.2 Å². The molecule has 0 aliphatic rings. The van der Waals surface area contributed by atoms with Crippen molar-refractivity contribution in [3.05, 3.63) is 69.5 Å². The first-order valence-corrected chi connectivity index (χ1v) is 6.78. The molecule has 0 saturated carbocycles. The number of halogens is 1. The molecule has 0 radical (unpaired) electrons. The Labute approximate surface area is 122 Å². The zero-order valence-corrected chi connectivity index (χ0v) is 12.0. The number of nitro benzene ring substituents is 1. The molecule has 2 rings (SSSR count). The maximum atomic E-state index is 13.6. The SMILES string of the molecule is CCC(Nc1ccc(C)c(F)c1)c1cccc([N+](=O)[O-])c1. The minimum Gasteiger partial charge on any atom is -0.378 e. The summed E-state index contributed by atoms with van der Waals surface area (Å²) in [5.41, 5.74) is 2.12. The van der Waals surface area contributed by atoms with Crippen LogP contribution in [0, 0.1) is 22.9 Å². The van der Waals surface area contributed by atoms with Crippen LogP contribution in [0.3, 0.4) is 0 Å². The van der Waals surface area contributed by atoms with E-state index < -0.39 is 4.92 Å². The Morgan fingerprint density at radius 3 is 2.67 bits per heavy atom. The average molecular weight is 288 g/mol. The van der Waals surface area contributed by atoms with E-state index in [2.05, 4.69) is 5.32 Å². The smallest absolute Gasteiger partial charge is 0.269 e. The minimum absolute atomic E-state index is 0.0582. The van der Waals surface area contributed by atoms with Crippen LogP contribution >= 0.6 is 0 Å². The zero-order chi connectivity index (χ0) is 15.4. The van der Waals surface area contributed by atoms with Crippen molar-refractivity contribution in [1.82, 2.24) is 0 Å². The number of nitro groups is 1. The van der Waals surface area contributed by atoms with Crippen molar-refractivity contribution in [3.63, 3.8) is 0 Å². The van der Waals surface area contributed by atoms with E-state index in [1.165, 1.54) is 12.1 Å². The Kier molecular flexibility index (Phi) is 4.52. The molecule has 0 amide bonds. The van der Waals surface area contributed by atoms with E-state index >= 15 is 0 Å². The first-order chi connectivity index (χ1) is 10.0. The lowest BCUT2D eigenvalue weighted by Crippen LogP contribution is -2.10. The second kappa shape index (κ2) is 6.35. The number of nitrogens with zero attached hydrogens (tertiary/aromatic N) is 1. The number of hydrogen-bond donors (Lipinski definition) is 1. The monoisotopic (exact) mass is 288 g/mol. The lowest BCUT2D eigenvalue weighted by molar-refractivity contribution is -0.384. The van der Waals surface area contributed by atoms with E-state index in [1.807, 2.05) is 13.0 Å². The Bertz CT molecular complexity index is 658. The van der Waals surface area contributed by atoms with Gasteiger partial charge in [-0.2, -0.15) is 0 Å². The largest absolute Gasteiger partial charge is 0.378 e. The summed E-state index contributed by atoms with van der Waals surface area (Å²) in [5, 5.41) is 14.1. The first-order valence-electron chi connectivity index (χ1n) is 6.78. The summed E-state index contributed by atoms with van der Waals surface area (Å²) in [6.07, 6.45) is 0.733. The zero-order valence-electron chi connectivity index (χ0n) is 12.0. The van der Waals surface area contributed by atoms with Gasteiger partial charge in [-0.15, -0.1) is 0 Å². The number of rotatable bonds is 5. The molecule has 0 bridgehead atoms. The van der Waals surface area contributed by atoms with Crippen molar-refractivity contribution in [3.8, 4) is 0 Å². The molecule has 0 aliphatic carbocycles. The first kappa shape index (κ1) is 15.0. The third-order valence-electron chi connectivity index (χ3n) is 3.40. The molecule has 1 unspecified atom stereocenters. The van der Waals surface area contributed by atoms with Gasteiger partial charge in [-0.3, -0.25) is 10.1 Å². The molecule has 0 spiro atoms. The summed E-state index contributed by atoms with van der Waals surface area (Å²) in [6.45, 7) is 3.68. The lowest BCUT2D eigenvalue weighted by atomic mass is 10.0. The van der Waals surface area contributed by atoms with Gasteiger partial charge in [0.2, 0.25) is 0 Å². The number of nitrogens with one attached hydrogen (secondary N) is 1. The number of anilines is 1. The van der Waals surface area contributed by atoms with Crippen molar-refractivity contribution in [1.29, 1.82) is 0 Å². The van der Waals surface area contributed by atoms with Gasteiger partial charge in [-0.25, -0.2) is 4.39 Å². The summed E-state index contributed by atoms with van der Waals surface area (Å²) in [4.78, 5) is 10.4. The summed E-state index contributed by atoms with van der Waals surface area (Å²) in [7, 11) is 0. The van der Waals surface area contributed by atoms with Gasteiger partial charge in [0.15, 0.2) is 0 Å². The van der Waals surface area contributed by atoms with Crippen LogP contribution in [0.4, 0.5) is 15.8 Å². The molecule has 0 aromatic heterocycles. The van der Waals surface area contributed by atoms with Gasteiger partial charge in [0.25, 0.3) is 5.69 Å². The van der Waals surface area contributed by atoms with Crippen LogP contribution in [0.25, 0.3) is 0 Å². The maximum absolute atomic E-state index is 13.6.